The molecule has 3 nitrogen and oxygen atoms in total. The van der Waals surface area contributed by atoms with Crippen LogP contribution in [0.25, 0.3) is 10.9 Å². The van der Waals surface area contributed by atoms with Gasteiger partial charge in [-0.3, -0.25) is 5.10 Å². The minimum Gasteiger partial charge on any atom is -0.316 e. The van der Waals surface area contributed by atoms with Crippen molar-refractivity contribution in [2.24, 2.45) is 0 Å². The van der Waals surface area contributed by atoms with Crippen LogP contribution in [0.4, 0.5) is 0 Å². The maximum Gasteiger partial charge on any atom is 0.111 e. The van der Waals surface area contributed by atoms with Crippen molar-refractivity contribution in [1.82, 2.24) is 15.5 Å². The summed E-state index contributed by atoms with van der Waals surface area (Å²) in [6.07, 6.45) is 0. The quantitative estimate of drug-likeness (QED) is 0.797. The van der Waals surface area contributed by atoms with Crippen LogP contribution in [0.1, 0.15) is 11.3 Å². The van der Waals surface area contributed by atoms with Crippen LogP contribution in [0.2, 0.25) is 5.02 Å². The molecule has 0 saturated carbocycles. The molecule has 2 aromatic rings. The molecular weight excluding hydrogens is 198 g/mol. The summed E-state index contributed by atoms with van der Waals surface area (Å²) in [6, 6.07) is 4.05. The highest BCUT2D eigenvalue weighted by molar-refractivity contribution is 6.35. The summed E-state index contributed by atoms with van der Waals surface area (Å²) in [5.41, 5.74) is 3.08. The Morgan fingerprint density at radius 2 is 2.29 bits per heavy atom. The molecule has 14 heavy (non-hydrogen) atoms. The first-order chi connectivity index (χ1) is 6.72. The van der Waals surface area contributed by atoms with Crippen molar-refractivity contribution >= 4 is 22.5 Å². The van der Waals surface area contributed by atoms with E-state index in [1.165, 1.54) is 5.56 Å². The average molecular weight is 210 g/mol. The maximum atomic E-state index is 6.10. The Morgan fingerprint density at radius 3 is 3.00 bits per heavy atom. The topological polar surface area (TPSA) is 40.7 Å². The van der Waals surface area contributed by atoms with E-state index in [2.05, 4.69) is 21.6 Å². The van der Waals surface area contributed by atoms with Crippen LogP contribution in [0.5, 0.6) is 0 Å². The largest absolute Gasteiger partial charge is 0.316 e. The molecule has 4 heteroatoms. The van der Waals surface area contributed by atoms with Crippen molar-refractivity contribution in [1.29, 1.82) is 0 Å². The Kier molecular flexibility index (Phi) is 2.44. The number of hydrogen-bond acceptors (Lipinski definition) is 2. The van der Waals surface area contributed by atoms with E-state index in [9.17, 15) is 0 Å². The summed E-state index contributed by atoms with van der Waals surface area (Å²) < 4.78 is 0. The SMILES string of the molecule is CNCc1cc(Cl)c2n[nH]c(C)c2c1. The van der Waals surface area contributed by atoms with Gasteiger partial charge in [0, 0.05) is 17.6 Å². The minimum atomic E-state index is 0.706. The molecule has 1 aromatic heterocycles. The van der Waals surface area contributed by atoms with Gasteiger partial charge >= 0.3 is 0 Å². The van der Waals surface area contributed by atoms with Crippen LogP contribution in [0, 0.1) is 6.92 Å². The number of aromatic nitrogens is 2. The molecule has 74 valence electrons. The number of benzene rings is 1. The van der Waals surface area contributed by atoms with E-state index in [0.29, 0.717) is 5.02 Å². The van der Waals surface area contributed by atoms with Crippen LogP contribution in [0.15, 0.2) is 12.1 Å². The maximum absolute atomic E-state index is 6.10. The Bertz CT molecular complexity index is 462. The van der Waals surface area contributed by atoms with Gasteiger partial charge in [-0.1, -0.05) is 11.6 Å². The molecule has 0 bridgehead atoms. The van der Waals surface area contributed by atoms with E-state index in [1.807, 2.05) is 20.0 Å². The number of H-pyrrole nitrogens is 1. The molecule has 0 spiro atoms. The zero-order valence-electron chi connectivity index (χ0n) is 8.19. The number of aromatic amines is 1. The molecule has 1 heterocycles. The summed E-state index contributed by atoms with van der Waals surface area (Å²) in [4.78, 5) is 0. The molecular formula is C10H12ClN3. The fraction of sp³-hybridized carbons (Fsp3) is 0.300. The monoisotopic (exact) mass is 209 g/mol. The lowest BCUT2D eigenvalue weighted by Crippen LogP contribution is -2.04. The lowest BCUT2D eigenvalue weighted by Gasteiger charge is -2.01. The number of halogens is 1. The Labute approximate surface area is 87.5 Å². The van der Waals surface area contributed by atoms with Crippen LogP contribution < -0.4 is 5.32 Å². The summed E-state index contributed by atoms with van der Waals surface area (Å²) in [7, 11) is 1.92. The molecule has 0 amide bonds. The Balaban J connectivity index is 2.63. The highest BCUT2D eigenvalue weighted by Crippen LogP contribution is 2.25. The van der Waals surface area contributed by atoms with Crippen molar-refractivity contribution in [3.8, 4) is 0 Å². The van der Waals surface area contributed by atoms with Gasteiger partial charge in [0.1, 0.15) is 5.52 Å². The van der Waals surface area contributed by atoms with E-state index >= 15 is 0 Å². The molecule has 0 aliphatic rings. The van der Waals surface area contributed by atoms with Crippen LogP contribution in [-0.2, 0) is 6.54 Å². The van der Waals surface area contributed by atoms with Crippen molar-refractivity contribution in [3.05, 3.63) is 28.4 Å². The van der Waals surface area contributed by atoms with Gasteiger partial charge in [0.15, 0.2) is 0 Å². The Morgan fingerprint density at radius 1 is 1.50 bits per heavy atom. The molecule has 2 N–H and O–H groups in total. The number of aryl methyl sites for hydroxylation is 1. The van der Waals surface area contributed by atoms with Crippen molar-refractivity contribution in [2.45, 2.75) is 13.5 Å². The van der Waals surface area contributed by atoms with E-state index in [0.717, 1.165) is 23.1 Å². The average Bonchev–Trinajstić information content (AvgIpc) is 2.49. The van der Waals surface area contributed by atoms with Gasteiger partial charge in [-0.25, -0.2) is 0 Å². The lowest BCUT2D eigenvalue weighted by molar-refractivity contribution is 0.819. The van der Waals surface area contributed by atoms with Gasteiger partial charge in [0.05, 0.1) is 5.02 Å². The first-order valence-electron chi connectivity index (χ1n) is 4.50. The zero-order valence-corrected chi connectivity index (χ0v) is 8.94. The fourth-order valence-corrected chi connectivity index (χ4v) is 1.85. The normalized spacial score (nSPS) is 11.1. The van der Waals surface area contributed by atoms with Gasteiger partial charge in [-0.15, -0.1) is 0 Å². The van der Waals surface area contributed by atoms with E-state index < -0.39 is 0 Å². The lowest BCUT2D eigenvalue weighted by atomic mass is 10.1. The van der Waals surface area contributed by atoms with Gasteiger partial charge < -0.3 is 5.32 Å². The van der Waals surface area contributed by atoms with Crippen LogP contribution in [0.3, 0.4) is 0 Å². The number of hydrogen-bond donors (Lipinski definition) is 2. The van der Waals surface area contributed by atoms with E-state index in [4.69, 9.17) is 11.6 Å². The predicted molar refractivity (Wildman–Crippen MR) is 58.6 cm³/mol. The summed E-state index contributed by atoms with van der Waals surface area (Å²) in [5, 5.41) is 12.0. The van der Waals surface area contributed by atoms with E-state index in [-0.39, 0.29) is 0 Å². The smallest absolute Gasteiger partial charge is 0.111 e. The second kappa shape index (κ2) is 3.59. The second-order valence-electron chi connectivity index (χ2n) is 3.35. The van der Waals surface area contributed by atoms with Crippen molar-refractivity contribution < 1.29 is 0 Å². The van der Waals surface area contributed by atoms with Crippen LogP contribution in [-0.4, -0.2) is 17.2 Å². The van der Waals surface area contributed by atoms with Crippen LogP contribution >= 0.6 is 11.6 Å². The highest BCUT2D eigenvalue weighted by atomic mass is 35.5. The third kappa shape index (κ3) is 1.49. The molecule has 0 unspecified atom stereocenters. The molecule has 2 rings (SSSR count). The first kappa shape index (κ1) is 9.49. The summed E-state index contributed by atoms with van der Waals surface area (Å²) in [5.74, 6) is 0. The van der Waals surface area contributed by atoms with Crippen molar-refractivity contribution in [2.75, 3.05) is 7.05 Å². The molecule has 0 aliphatic heterocycles. The van der Waals surface area contributed by atoms with Gasteiger partial charge in [-0.2, -0.15) is 5.10 Å². The zero-order chi connectivity index (χ0) is 10.1. The molecule has 0 saturated heterocycles. The predicted octanol–water partition coefficient (Wildman–Crippen LogP) is 2.24. The number of fused-ring (bicyclic) bond motifs is 1. The molecule has 0 radical (unpaired) electrons. The first-order valence-corrected chi connectivity index (χ1v) is 4.88. The van der Waals surface area contributed by atoms with Gasteiger partial charge in [0.2, 0.25) is 0 Å². The minimum absolute atomic E-state index is 0.706. The summed E-state index contributed by atoms with van der Waals surface area (Å²) >= 11 is 6.10. The highest BCUT2D eigenvalue weighted by Gasteiger charge is 2.06. The number of rotatable bonds is 2. The standard InChI is InChI=1S/C10H12ClN3/c1-6-8-3-7(5-12-2)4-9(11)10(8)14-13-6/h3-4,12H,5H2,1-2H3,(H,13,14). The third-order valence-electron chi connectivity index (χ3n) is 2.24. The van der Waals surface area contributed by atoms with Gasteiger partial charge in [-0.05, 0) is 31.7 Å². The summed E-state index contributed by atoms with van der Waals surface area (Å²) in [6.45, 7) is 2.81. The molecule has 0 aliphatic carbocycles. The second-order valence-corrected chi connectivity index (χ2v) is 3.76. The molecule has 0 atom stereocenters. The van der Waals surface area contributed by atoms with E-state index in [1.54, 1.807) is 0 Å². The molecule has 1 aromatic carbocycles. The third-order valence-corrected chi connectivity index (χ3v) is 2.53. The number of nitrogens with one attached hydrogen (secondary N) is 2. The number of nitrogens with zero attached hydrogens (tertiary/aromatic N) is 1. The Hall–Kier alpha value is -1.06. The van der Waals surface area contributed by atoms with Gasteiger partial charge in [0.25, 0.3) is 0 Å². The molecule has 0 fully saturated rings. The van der Waals surface area contributed by atoms with Crippen molar-refractivity contribution in [3.63, 3.8) is 0 Å². The fourth-order valence-electron chi connectivity index (χ4n) is 1.56.